The zero-order valence-electron chi connectivity index (χ0n) is 10.4. The van der Waals surface area contributed by atoms with Gasteiger partial charge >= 0.3 is 8.25 Å². The SMILES string of the molecule is CCOCC(C)(C)C(=O)C(C)(C)O[P+](=O)O. The average Bonchev–Trinajstić information content (AvgIpc) is 2.11. The molecule has 0 spiro atoms. The van der Waals surface area contributed by atoms with Gasteiger partial charge in [-0.05, 0) is 20.8 Å². The fourth-order valence-corrected chi connectivity index (χ4v) is 1.95. The van der Waals surface area contributed by atoms with Gasteiger partial charge in [0.1, 0.15) is 0 Å². The zero-order valence-corrected chi connectivity index (χ0v) is 11.3. The fourth-order valence-electron chi connectivity index (χ4n) is 1.47. The first kappa shape index (κ1) is 15.7. The summed E-state index contributed by atoms with van der Waals surface area (Å²) in [5.41, 5.74) is -2.03. The third-order valence-corrected chi connectivity index (χ3v) is 2.75. The first-order valence-electron chi connectivity index (χ1n) is 5.11. The quantitative estimate of drug-likeness (QED) is 0.701. The summed E-state index contributed by atoms with van der Waals surface area (Å²) in [6, 6.07) is 0. The van der Waals surface area contributed by atoms with Crippen LogP contribution in [0.1, 0.15) is 34.6 Å². The Morgan fingerprint density at radius 3 is 2.19 bits per heavy atom. The topological polar surface area (TPSA) is 72.8 Å². The molecule has 94 valence electrons. The molecular formula is C10H20O5P+. The number of Topliss-reactive ketones (excluding diaryl/α,β-unsaturated/α-hetero) is 1. The molecule has 0 aliphatic heterocycles. The largest absolute Gasteiger partial charge is 0.695 e. The van der Waals surface area contributed by atoms with Crippen LogP contribution in [-0.2, 0) is 18.6 Å². The lowest BCUT2D eigenvalue weighted by Gasteiger charge is -2.28. The van der Waals surface area contributed by atoms with E-state index in [0.29, 0.717) is 6.61 Å². The van der Waals surface area contributed by atoms with Gasteiger partial charge in [0, 0.05) is 16.6 Å². The summed E-state index contributed by atoms with van der Waals surface area (Å²) in [7, 11) is -2.79. The van der Waals surface area contributed by atoms with Crippen molar-refractivity contribution < 1.29 is 23.5 Å². The van der Waals surface area contributed by atoms with E-state index in [1.165, 1.54) is 13.8 Å². The monoisotopic (exact) mass is 251 g/mol. The number of carbonyl (C=O) groups is 1. The van der Waals surface area contributed by atoms with Gasteiger partial charge in [-0.25, -0.2) is 0 Å². The van der Waals surface area contributed by atoms with Crippen LogP contribution in [-0.4, -0.2) is 29.5 Å². The highest BCUT2D eigenvalue weighted by Gasteiger charge is 2.45. The molecule has 0 amide bonds. The summed E-state index contributed by atoms with van der Waals surface area (Å²) in [6.45, 7) is 9.02. The number of rotatable bonds is 7. The van der Waals surface area contributed by atoms with Gasteiger partial charge in [-0.1, -0.05) is 13.8 Å². The number of ketones is 1. The number of ether oxygens (including phenoxy) is 1. The van der Waals surface area contributed by atoms with Crippen LogP contribution >= 0.6 is 8.25 Å². The molecule has 0 saturated carbocycles. The lowest BCUT2D eigenvalue weighted by Crippen LogP contribution is -2.45. The van der Waals surface area contributed by atoms with Crippen molar-refractivity contribution in [3.63, 3.8) is 0 Å². The first-order chi connectivity index (χ1) is 7.13. The highest BCUT2D eigenvalue weighted by atomic mass is 31.1. The van der Waals surface area contributed by atoms with Gasteiger partial charge in [-0.2, -0.15) is 0 Å². The van der Waals surface area contributed by atoms with E-state index in [4.69, 9.17) is 14.2 Å². The van der Waals surface area contributed by atoms with E-state index < -0.39 is 19.3 Å². The number of hydrogen-bond acceptors (Lipinski definition) is 4. The molecular weight excluding hydrogens is 231 g/mol. The van der Waals surface area contributed by atoms with E-state index in [9.17, 15) is 9.36 Å². The van der Waals surface area contributed by atoms with Gasteiger partial charge in [0.2, 0.25) is 0 Å². The van der Waals surface area contributed by atoms with Crippen LogP contribution in [0.2, 0.25) is 0 Å². The normalized spacial score (nSPS) is 13.8. The summed E-state index contributed by atoms with van der Waals surface area (Å²) in [4.78, 5) is 20.8. The second-order valence-corrected chi connectivity index (χ2v) is 5.35. The molecule has 0 fully saturated rings. The summed E-state index contributed by atoms with van der Waals surface area (Å²) in [5.74, 6) is -0.258. The number of hydrogen-bond donors (Lipinski definition) is 1. The molecule has 1 unspecified atom stereocenters. The van der Waals surface area contributed by atoms with Crippen LogP contribution in [0.4, 0.5) is 0 Å². The maximum Gasteiger partial charge on any atom is 0.695 e. The van der Waals surface area contributed by atoms with Crippen LogP contribution in [0.15, 0.2) is 0 Å². The highest BCUT2D eigenvalue weighted by molar-refractivity contribution is 7.32. The Bertz CT molecular complexity index is 272. The minimum Gasteiger partial charge on any atom is -0.381 e. The predicted molar refractivity (Wildman–Crippen MR) is 60.3 cm³/mol. The summed E-state index contributed by atoms with van der Waals surface area (Å²) in [6.07, 6.45) is 0. The van der Waals surface area contributed by atoms with Crippen LogP contribution < -0.4 is 0 Å². The van der Waals surface area contributed by atoms with Crippen molar-refractivity contribution in [3.8, 4) is 0 Å². The van der Waals surface area contributed by atoms with Crippen LogP contribution in [0.25, 0.3) is 0 Å². The summed E-state index contributed by atoms with van der Waals surface area (Å²) >= 11 is 0. The first-order valence-corrected chi connectivity index (χ1v) is 6.24. The number of carbonyl (C=O) groups excluding carboxylic acids is 1. The molecule has 0 rings (SSSR count). The average molecular weight is 251 g/mol. The van der Waals surface area contributed by atoms with Gasteiger partial charge in [-0.15, -0.1) is 9.42 Å². The van der Waals surface area contributed by atoms with Crippen molar-refractivity contribution >= 4 is 14.0 Å². The molecule has 0 aromatic rings. The lowest BCUT2D eigenvalue weighted by molar-refractivity contribution is -0.144. The molecule has 0 aromatic carbocycles. The third kappa shape index (κ3) is 4.66. The maximum absolute atomic E-state index is 12.1. The Kier molecular flexibility index (Phi) is 5.70. The predicted octanol–water partition coefficient (Wildman–Crippen LogP) is 2.06. The second-order valence-electron chi connectivity index (χ2n) is 4.69. The lowest BCUT2D eigenvalue weighted by atomic mass is 9.81. The van der Waals surface area contributed by atoms with Gasteiger partial charge in [0.15, 0.2) is 11.4 Å². The van der Waals surface area contributed by atoms with Gasteiger partial charge in [0.25, 0.3) is 0 Å². The summed E-state index contributed by atoms with van der Waals surface area (Å²) in [5, 5.41) is 0. The minimum absolute atomic E-state index is 0.258. The molecule has 0 radical (unpaired) electrons. The van der Waals surface area contributed by atoms with Crippen LogP contribution in [0.3, 0.4) is 0 Å². The molecule has 6 heteroatoms. The van der Waals surface area contributed by atoms with Crippen molar-refractivity contribution in [2.75, 3.05) is 13.2 Å². The molecule has 0 bridgehead atoms. The Labute approximate surface area is 97.1 Å². The standard InChI is InChI=1S/C10H19O5P/c1-6-14-7-9(2,3)8(11)10(4,5)15-16(12)13/h6-7H2,1-5H3/p+1. The Hall–Kier alpha value is -0.350. The third-order valence-electron chi connectivity index (χ3n) is 2.13. The van der Waals surface area contributed by atoms with E-state index in [1.54, 1.807) is 13.8 Å². The van der Waals surface area contributed by atoms with Gasteiger partial charge < -0.3 is 4.74 Å². The van der Waals surface area contributed by atoms with Crippen molar-refractivity contribution in [2.45, 2.75) is 40.2 Å². The second kappa shape index (κ2) is 5.82. The molecule has 16 heavy (non-hydrogen) atoms. The Balaban J connectivity index is 4.68. The molecule has 0 heterocycles. The molecule has 5 nitrogen and oxygen atoms in total. The van der Waals surface area contributed by atoms with Crippen molar-refractivity contribution in [2.24, 2.45) is 5.41 Å². The van der Waals surface area contributed by atoms with E-state index in [1.807, 2.05) is 6.92 Å². The molecule has 0 aliphatic carbocycles. The minimum atomic E-state index is -2.79. The Morgan fingerprint density at radius 2 is 1.81 bits per heavy atom. The molecule has 0 saturated heterocycles. The van der Waals surface area contributed by atoms with Crippen molar-refractivity contribution in [1.82, 2.24) is 0 Å². The van der Waals surface area contributed by atoms with Crippen molar-refractivity contribution in [1.29, 1.82) is 0 Å². The Morgan fingerprint density at radius 1 is 1.31 bits per heavy atom. The van der Waals surface area contributed by atoms with Crippen molar-refractivity contribution in [3.05, 3.63) is 0 Å². The van der Waals surface area contributed by atoms with E-state index in [-0.39, 0.29) is 12.4 Å². The maximum atomic E-state index is 12.1. The highest BCUT2D eigenvalue weighted by Crippen LogP contribution is 2.32. The molecule has 0 aliphatic rings. The molecule has 1 N–H and O–H groups in total. The summed E-state index contributed by atoms with van der Waals surface area (Å²) < 4.78 is 20.5. The molecule has 0 aromatic heterocycles. The molecule has 1 atom stereocenters. The van der Waals surface area contributed by atoms with Gasteiger partial charge in [-0.3, -0.25) is 4.79 Å². The van der Waals surface area contributed by atoms with Crippen LogP contribution in [0, 0.1) is 5.41 Å². The van der Waals surface area contributed by atoms with Crippen LogP contribution in [0.5, 0.6) is 0 Å². The van der Waals surface area contributed by atoms with E-state index >= 15 is 0 Å². The van der Waals surface area contributed by atoms with E-state index in [2.05, 4.69) is 0 Å². The zero-order chi connectivity index (χ0) is 13.0. The smallest absolute Gasteiger partial charge is 0.381 e. The van der Waals surface area contributed by atoms with E-state index in [0.717, 1.165) is 0 Å². The van der Waals surface area contributed by atoms with Gasteiger partial charge in [0.05, 0.1) is 6.61 Å². The fraction of sp³-hybridized carbons (Fsp3) is 0.900.